The quantitative estimate of drug-likeness (QED) is 0.873. The number of hydrogen-bond donors (Lipinski definition) is 1. The van der Waals surface area contributed by atoms with Gasteiger partial charge in [0.15, 0.2) is 5.17 Å². The molecule has 0 saturated carbocycles. The van der Waals surface area contributed by atoms with Crippen LogP contribution in [0.4, 0.5) is 14.5 Å². The molecule has 0 aromatic heterocycles. The average Bonchev–Trinajstić information content (AvgIpc) is 2.67. The smallest absolute Gasteiger partial charge is 0.161 e. The van der Waals surface area contributed by atoms with Gasteiger partial charge in [0.05, 0.1) is 11.2 Å². The van der Waals surface area contributed by atoms with E-state index < -0.39 is 11.6 Å². The van der Waals surface area contributed by atoms with Gasteiger partial charge in [-0.2, -0.15) is 0 Å². The Labute approximate surface area is 104 Å². The fraction of sp³-hybridized carbons (Fsp3) is 0.417. The summed E-state index contributed by atoms with van der Waals surface area (Å²) in [6.45, 7) is 4.12. The van der Waals surface area contributed by atoms with Crippen molar-refractivity contribution in [3.63, 3.8) is 0 Å². The molecule has 0 bridgehead atoms. The van der Waals surface area contributed by atoms with E-state index in [-0.39, 0.29) is 11.2 Å². The zero-order valence-electron chi connectivity index (χ0n) is 9.76. The Bertz CT molecular complexity index is 462. The normalized spacial score (nSPS) is 23.6. The van der Waals surface area contributed by atoms with Gasteiger partial charge in [-0.1, -0.05) is 18.7 Å². The van der Waals surface area contributed by atoms with E-state index in [4.69, 9.17) is 0 Å². The van der Waals surface area contributed by atoms with Crippen molar-refractivity contribution in [1.82, 2.24) is 0 Å². The van der Waals surface area contributed by atoms with Crippen LogP contribution in [0.15, 0.2) is 23.2 Å². The molecule has 1 aliphatic rings. The van der Waals surface area contributed by atoms with Crippen LogP contribution in [0.5, 0.6) is 0 Å². The zero-order valence-corrected chi connectivity index (χ0v) is 10.6. The van der Waals surface area contributed by atoms with Gasteiger partial charge in [0.2, 0.25) is 0 Å². The lowest BCUT2D eigenvalue weighted by molar-refractivity contribution is 0.522. The van der Waals surface area contributed by atoms with Crippen molar-refractivity contribution in [1.29, 1.82) is 0 Å². The molecule has 1 unspecified atom stereocenters. The van der Waals surface area contributed by atoms with Crippen LogP contribution >= 0.6 is 11.8 Å². The molecule has 0 saturated heterocycles. The number of nitrogens with one attached hydrogen (secondary N) is 1. The highest BCUT2D eigenvalue weighted by atomic mass is 32.2. The van der Waals surface area contributed by atoms with Gasteiger partial charge in [-0.05, 0) is 25.5 Å². The lowest BCUT2D eigenvalue weighted by atomic mass is 10.0. The van der Waals surface area contributed by atoms with Crippen molar-refractivity contribution in [2.75, 3.05) is 11.1 Å². The number of nitrogens with zero attached hydrogens (tertiary/aromatic N) is 1. The summed E-state index contributed by atoms with van der Waals surface area (Å²) in [7, 11) is 0. The number of thioether (sulfide) groups is 1. The molecular formula is C12H14F2N2S. The van der Waals surface area contributed by atoms with E-state index in [9.17, 15) is 8.78 Å². The number of rotatable bonds is 2. The van der Waals surface area contributed by atoms with Crippen LogP contribution in [0, 0.1) is 11.6 Å². The van der Waals surface area contributed by atoms with Crippen molar-refractivity contribution in [2.45, 2.75) is 25.8 Å². The molecular weight excluding hydrogens is 242 g/mol. The number of aliphatic imine (C=N–C) groups is 1. The number of halogens is 2. The predicted octanol–water partition coefficient (Wildman–Crippen LogP) is 3.65. The SMILES string of the molecule is CCC1(C)CSC(Nc2cc(F)ccc2F)=N1. The molecule has 0 aliphatic carbocycles. The van der Waals surface area contributed by atoms with Gasteiger partial charge in [0, 0.05) is 11.8 Å². The van der Waals surface area contributed by atoms with Crippen LogP contribution in [0.25, 0.3) is 0 Å². The molecule has 1 aliphatic heterocycles. The van der Waals surface area contributed by atoms with E-state index >= 15 is 0 Å². The summed E-state index contributed by atoms with van der Waals surface area (Å²) in [5, 5.41) is 3.49. The molecule has 5 heteroatoms. The number of benzene rings is 1. The van der Waals surface area contributed by atoms with E-state index in [0.717, 1.165) is 30.4 Å². The Morgan fingerprint density at radius 2 is 2.24 bits per heavy atom. The summed E-state index contributed by atoms with van der Waals surface area (Å²) in [4.78, 5) is 4.48. The molecule has 2 rings (SSSR count). The summed E-state index contributed by atoms with van der Waals surface area (Å²) >= 11 is 1.53. The van der Waals surface area contributed by atoms with Crippen LogP contribution in [-0.4, -0.2) is 16.5 Å². The molecule has 1 atom stereocenters. The highest BCUT2D eigenvalue weighted by Crippen LogP contribution is 2.31. The molecule has 0 fully saturated rings. The monoisotopic (exact) mass is 256 g/mol. The fourth-order valence-corrected chi connectivity index (χ4v) is 2.67. The molecule has 1 heterocycles. The summed E-state index contributed by atoms with van der Waals surface area (Å²) in [6, 6.07) is 3.34. The van der Waals surface area contributed by atoms with Crippen LogP contribution in [-0.2, 0) is 0 Å². The van der Waals surface area contributed by atoms with Gasteiger partial charge in [0.1, 0.15) is 11.6 Å². The van der Waals surface area contributed by atoms with Gasteiger partial charge in [0.25, 0.3) is 0 Å². The molecule has 1 aromatic carbocycles. The third kappa shape index (κ3) is 2.77. The van der Waals surface area contributed by atoms with E-state index in [1.807, 2.05) is 0 Å². The van der Waals surface area contributed by atoms with Gasteiger partial charge in [-0.15, -0.1) is 0 Å². The van der Waals surface area contributed by atoms with E-state index in [2.05, 4.69) is 24.2 Å². The highest BCUT2D eigenvalue weighted by Gasteiger charge is 2.29. The van der Waals surface area contributed by atoms with Crippen LogP contribution in [0.3, 0.4) is 0 Å². The van der Waals surface area contributed by atoms with Crippen LogP contribution < -0.4 is 5.32 Å². The third-order valence-electron chi connectivity index (χ3n) is 2.82. The van der Waals surface area contributed by atoms with Gasteiger partial charge in [-0.3, -0.25) is 4.99 Å². The summed E-state index contributed by atoms with van der Waals surface area (Å²) in [5.41, 5.74) is 0.0353. The van der Waals surface area contributed by atoms with Crippen molar-refractivity contribution >= 4 is 22.6 Å². The minimum absolute atomic E-state index is 0.100. The minimum Gasteiger partial charge on any atom is -0.332 e. The molecule has 0 radical (unpaired) electrons. The lowest BCUT2D eigenvalue weighted by Crippen LogP contribution is -2.20. The van der Waals surface area contributed by atoms with Gasteiger partial charge < -0.3 is 5.32 Å². The standard InChI is InChI=1S/C12H14F2N2S/c1-3-12(2)7-17-11(16-12)15-10-6-8(13)4-5-9(10)14/h4-6H,3,7H2,1-2H3,(H,15,16). The maximum Gasteiger partial charge on any atom is 0.161 e. The molecule has 0 amide bonds. The van der Waals surface area contributed by atoms with E-state index in [1.165, 1.54) is 11.8 Å². The van der Waals surface area contributed by atoms with Crippen molar-refractivity contribution in [2.24, 2.45) is 4.99 Å². The largest absolute Gasteiger partial charge is 0.332 e. The minimum atomic E-state index is -0.472. The molecule has 17 heavy (non-hydrogen) atoms. The van der Waals surface area contributed by atoms with Crippen molar-refractivity contribution in [3.05, 3.63) is 29.8 Å². The Morgan fingerprint density at radius 3 is 2.88 bits per heavy atom. The Morgan fingerprint density at radius 1 is 1.47 bits per heavy atom. The average molecular weight is 256 g/mol. The second-order valence-corrected chi connectivity index (χ2v) is 5.27. The zero-order chi connectivity index (χ0) is 12.5. The van der Waals surface area contributed by atoms with Gasteiger partial charge in [-0.25, -0.2) is 8.78 Å². The maximum atomic E-state index is 13.4. The molecule has 2 nitrogen and oxygen atoms in total. The van der Waals surface area contributed by atoms with Crippen LogP contribution in [0.2, 0.25) is 0 Å². The summed E-state index contributed by atoms with van der Waals surface area (Å²) in [5.74, 6) is -0.0708. The third-order valence-corrected chi connectivity index (χ3v) is 4.06. The maximum absolute atomic E-state index is 13.4. The van der Waals surface area contributed by atoms with Crippen LogP contribution in [0.1, 0.15) is 20.3 Å². The summed E-state index contributed by atoms with van der Waals surface area (Å²) in [6.07, 6.45) is 0.927. The van der Waals surface area contributed by atoms with E-state index in [1.54, 1.807) is 0 Å². The summed E-state index contributed by atoms with van der Waals surface area (Å²) < 4.78 is 26.4. The lowest BCUT2D eigenvalue weighted by Gasteiger charge is -2.15. The Kier molecular flexibility index (Phi) is 3.38. The highest BCUT2D eigenvalue weighted by molar-refractivity contribution is 8.14. The molecule has 1 N–H and O–H groups in total. The second kappa shape index (κ2) is 4.64. The Balaban J connectivity index is 2.17. The fourth-order valence-electron chi connectivity index (χ4n) is 1.49. The molecule has 92 valence electrons. The first kappa shape index (κ1) is 12.4. The first-order valence-electron chi connectivity index (χ1n) is 5.47. The first-order chi connectivity index (χ1) is 8.02. The second-order valence-electron chi connectivity index (χ2n) is 4.31. The van der Waals surface area contributed by atoms with Crippen molar-refractivity contribution < 1.29 is 8.78 Å². The van der Waals surface area contributed by atoms with Crippen molar-refractivity contribution in [3.8, 4) is 0 Å². The topological polar surface area (TPSA) is 24.4 Å². The molecule has 0 spiro atoms. The number of anilines is 1. The first-order valence-corrected chi connectivity index (χ1v) is 6.46. The number of amidine groups is 1. The predicted molar refractivity (Wildman–Crippen MR) is 68.6 cm³/mol. The molecule has 1 aromatic rings. The van der Waals surface area contributed by atoms with Gasteiger partial charge >= 0.3 is 0 Å². The Hall–Kier alpha value is -1.10. The number of hydrogen-bond acceptors (Lipinski definition) is 3. The van der Waals surface area contributed by atoms with E-state index in [0.29, 0.717) is 5.17 Å².